The summed E-state index contributed by atoms with van der Waals surface area (Å²) in [5.41, 5.74) is -0.531. The van der Waals surface area contributed by atoms with Crippen molar-refractivity contribution in [3.63, 3.8) is 0 Å². The molecule has 1 amide bonds. The molecule has 5 nitrogen and oxygen atoms in total. The highest BCUT2D eigenvalue weighted by Crippen LogP contribution is 2.30. The Balaban J connectivity index is 2.05. The van der Waals surface area contributed by atoms with Crippen molar-refractivity contribution in [1.29, 1.82) is 0 Å². The molecule has 2 aromatic rings. The molecule has 0 aliphatic rings. The molecule has 0 saturated carbocycles. The molecule has 0 fully saturated rings. The average molecular weight is 338 g/mol. The van der Waals surface area contributed by atoms with E-state index in [1.807, 2.05) is 20.8 Å². The molecule has 0 saturated heterocycles. The first-order chi connectivity index (χ1) is 11.0. The highest BCUT2D eigenvalue weighted by Gasteiger charge is 2.29. The minimum Gasteiger partial charge on any atom is -0.346 e. The lowest BCUT2D eigenvalue weighted by molar-refractivity contribution is -0.137. The van der Waals surface area contributed by atoms with E-state index in [0.717, 1.165) is 12.1 Å². The maximum absolute atomic E-state index is 12.5. The van der Waals surface area contributed by atoms with E-state index in [2.05, 4.69) is 20.6 Å². The molecule has 0 aliphatic heterocycles. The maximum Gasteiger partial charge on any atom is 0.416 e. The third kappa shape index (κ3) is 4.94. The van der Waals surface area contributed by atoms with E-state index < -0.39 is 17.3 Å². The first kappa shape index (κ1) is 17.7. The van der Waals surface area contributed by atoms with Crippen LogP contribution < -0.4 is 10.6 Å². The Morgan fingerprint density at radius 2 is 1.62 bits per heavy atom. The molecule has 0 unspecified atom stereocenters. The first-order valence-corrected chi connectivity index (χ1v) is 7.13. The summed E-state index contributed by atoms with van der Waals surface area (Å²) in [6, 6.07) is 4.54. The molecule has 128 valence electrons. The van der Waals surface area contributed by atoms with Crippen molar-refractivity contribution in [2.45, 2.75) is 32.5 Å². The van der Waals surface area contributed by atoms with Crippen molar-refractivity contribution in [2.24, 2.45) is 0 Å². The van der Waals surface area contributed by atoms with Gasteiger partial charge in [0.15, 0.2) is 0 Å². The van der Waals surface area contributed by atoms with Gasteiger partial charge in [-0.25, -0.2) is 9.97 Å². The van der Waals surface area contributed by atoms with Gasteiger partial charge in [0.05, 0.1) is 18.0 Å². The second-order valence-electron chi connectivity index (χ2n) is 6.19. The standard InChI is InChI=1S/C16H17F3N4O/c1-15(2,3)23-14(24)12-8-21-13(9-20-12)22-11-6-4-10(5-7-11)16(17,18)19/h4-9H,1-3H3,(H,21,22)(H,23,24). The fourth-order valence-corrected chi connectivity index (χ4v) is 1.80. The van der Waals surface area contributed by atoms with Crippen LogP contribution in [0.4, 0.5) is 24.7 Å². The van der Waals surface area contributed by atoms with E-state index >= 15 is 0 Å². The van der Waals surface area contributed by atoms with Gasteiger partial charge in [-0.15, -0.1) is 0 Å². The number of carbonyl (C=O) groups is 1. The van der Waals surface area contributed by atoms with E-state index in [-0.39, 0.29) is 11.6 Å². The summed E-state index contributed by atoms with van der Waals surface area (Å²) in [4.78, 5) is 20.0. The number of carbonyl (C=O) groups excluding carboxylic acids is 1. The van der Waals surface area contributed by atoms with Crippen LogP contribution in [0.2, 0.25) is 0 Å². The van der Waals surface area contributed by atoms with Gasteiger partial charge in [-0.3, -0.25) is 4.79 Å². The molecular formula is C16H17F3N4O. The van der Waals surface area contributed by atoms with Crippen LogP contribution in [0.1, 0.15) is 36.8 Å². The summed E-state index contributed by atoms with van der Waals surface area (Å²) < 4.78 is 37.5. The number of hydrogen-bond acceptors (Lipinski definition) is 4. The summed E-state index contributed by atoms with van der Waals surface area (Å²) in [6.45, 7) is 5.54. The number of rotatable bonds is 3. The lowest BCUT2D eigenvalue weighted by Crippen LogP contribution is -2.40. The minimum absolute atomic E-state index is 0.155. The van der Waals surface area contributed by atoms with Crippen molar-refractivity contribution in [2.75, 3.05) is 5.32 Å². The molecule has 24 heavy (non-hydrogen) atoms. The van der Waals surface area contributed by atoms with E-state index in [9.17, 15) is 18.0 Å². The van der Waals surface area contributed by atoms with E-state index in [1.54, 1.807) is 0 Å². The zero-order chi connectivity index (χ0) is 18.0. The van der Waals surface area contributed by atoms with Gasteiger partial charge < -0.3 is 10.6 Å². The first-order valence-electron chi connectivity index (χ1n) is 7.13. The predicted molar refractivity (Wildman–Crippen MR) is 84.0 cm³/mol. The quantitative estimate of drug-likeness (QED) is 0.894. The Morgan fingerprint density at radius 1 is 1.00 bits per heavy atom. The Kier molecular flexibility index (Phi) is 4.77. The topological polar surface area (TPSA) is 66.9 Å². The Morgan fingerprint density at radius 3 is 2.08 bits per heavy atom. The largest absolute Gasteiger partial charge is 0.416 e. The number of nitrogens with one attached hydrogen (secondary N) is 2. The molecule has 2 rings (SSSR count). The number of amides is 1. The van der Waals surface area contributed by atoms with E-state index in [1.165, 1.54) is 24.5 Å². The zero-order valence-electron chi connectivity index (χ0n) is 13.4. The minimum atomic E-state index is -4.37. The van der Waals surface area contributed by atoms with Crippen LogP contribution in [0.3, 0.4) is 0 Å². The Labute approximate surface area is 137 Å². The molecule has 0 radical (unpaired) electrons. The van der Waals surface area contributed by atoms with Crippen LogP contribution in [0.5, 0.6) is 0 Å². The van der Waals surface area contributed by atoms with Crippen LogP contribution in [0.15, 0.2) is 36.7 Å². The molecule has 8 heteroatoms. The van der Waals surface area contributed by atoms with Crippen LogP contribution in [-0.2, 0) is 6.18 Å². The third-order valence-electron chi connectivity index (χ3n) is 2.86. The number of alkyl halides is 3. The van der Waals surface area contributed by atoms with Gasteiger partial charge in [0.1, 0.15) is 11.5 Å². The van der Waals surface area contributed by atoms with Crippen molar-refractivity contribution < 1.29 is 18.0 Å². The van der Waals surface area contributed by atoms with Gasteiger partial charge in [0, 0.05) is 11.2 Å². The lowest BCUT2D eigenvalue weighted by atomic mass is 10.1. The average Bonchev–Trinajstić information content (AvgIpc) is 2.46. The summed E-state index contributed by atoms with van der Waals surface area (Å²) in [7, 11) is 0. The maximum atomic E-state index is 12.5. The number of aromatic nitrogens is 2. The number of benzene rings is 1. The second kappa shape index (κ2) is 6.46. The van der Waals surface area contributed by atoms with E-state index in [4.69, 9.17) is 0 Å². The van der Waals surface area contributed by atoms with Gasteiger partial charge in [0.25, 0.3) is 5.91 Å². The highest BCUT2D eigenvalue weighted by atomic mass is 19.4. The molecule has 2 N–H and O–H groups in total. The zero-order valence-corrected chi connectivity index (χ0v) is 13.4. The Bertz CT molecular complexity index is 704. The van der Waals surface area contributed by atoms with Crippen molar-refractivity contribution in [3.05, 3.63) is 47.9 Å². The third-order valence-corrected chi connectivity index (χ3v) is 2.86. The van der Waals surface area contributed by atoms with Crippen LogP contribution >= 0.6 is 0 Å². The molecule has 1 heterocycles. The SMILES string of the molecule is CC(C)(C)NC(=O)c1cnc(Nc2ccc(C(F)(F)F)cc2)cn1. The fraction of sp³-hybridized carbons (Fsp3) is 0.312. The van der Waals surface area contributed by atoms with E-state index in [0.29, 0.717) is 11.5 Å². The molecule has 1 aromatic carbocycles. The fourth-order valence-electron chi connectivity index (χ4n) is 1.80. The van der Waals surface area contributed by atoms with Crippen LogP contribution in [-0.4, -0.2) is 21.4 Å². The summed E-state index contributed by atoms with van der Waals surface area (Å²) in [5.74, 6) is -0.0295. The summed E-state index contributed by atoms with van der Waals surface area (Å²) in [6.07, 6.45) is -1.73. The molecule has 1 aromatic heterocycles. The predicted octanol–water partition coefficient (Wildman–Crippen LogP) is 3.77. The number of nitrogens with zero attached hydrogens (tertiary/aromatic N) is 2. The van der Waals surface area contributed by atoms with Crippen molar-refractivity contribution >= 4 is 17.4 Å². The summed E-state index contributed by atoms with van der Waals surface area (Å²) in [5, 5.41) is 5.58. The van der Waals surface area contributed by atoms with Crippen LogP contribution in [0, 0.1) is 0 Å². The van der Waals surface area contributed by atoms with Gasteiger partial charge in [0.2, 0.25) is 0 Å². The van der Waals surface area contributed by atoms with Gasteiger partial charge in [-0.05, 0) is 45.0 Å². The second-order valence-corrected chi connectivity index (χ2v) is 6.19. The normalized spacial score (nSPS) is 11.9. The highest BCUT2D eigenvalue weighted by molar-refractivity contribution is 5.92. The monoisotopic (exact) mass is 338 g/mol. The van der Waals surface area contributed by atoms with Crippen molar-refractivity contribution in [1.82, 2.24) is 15.3 Å². The molecule has 0 spiro atoms. The lowest BCUT2D eigenvalue weighted by Gasteiger charge is -2.19. The number of anilines is 2. The van der Waals surface area contributed by atoms with Gasteiger partial charge in [-0.1, -0.05) is 0 Å². The molecule has 0 bridgehead atoms. The van der Waals surface area contributed by atoms with Crippen LogP contribution in [0.25, 0.3) is 0 Å². The molecule has 0 aliphatic carbocycles. The van der Waals surface area contributed by atoms with Gasteiger partial charge in [-0.2, -0.15) is 13.2 Å². The molecule has 0 atom stereocenters. The molecular weight excluding hydrogens is 321 g/mol. The smallest absolute Gasteiger partial charge is 0.346 e. The number of halogens is 3. The Hall–Kier alpha value is -2.64. The number of hydrogen-bond donors (Lipinski definition) is 2. The van der Waals surface area contributed by atoms with Gasteiger partial charge >= 0.3 is 6.18 Å². The van der Waals surface area contributed by atoms with Crippen molar-refractivity contribution in [3.8, 4) is 0 Å². The summed E-state index contributed by atoms with van der Waals surface area (Å²) >= 11 is 0.